The van der Waals surface area contributed by atoms with E-state index >= 15 is 0 Å². The Morgan fingerprint density at radius 3 is 2.60 bits per heavy atom. The molecule has 1 N–H and O–H groups in total. The second-order valence-corrected chi connectivity index (χ2v) is 13.3. The molecular weight excluding hydrogens is 554 g/mol. The number of cyclic esters (lactones) is 1. The van der Waals surface area contributed by atoms with E-state index in [9.17, 15) is 19.5 Å². The summed E-state index contributed by atoms with van der Waals surface area (Å²) < 4.78 is 10.3. The maximum absolute atomic E-state index is 14.6. The third kappa shape index (κ3) is 5.54. The molecule has 10 heteroatoms. The van der Waals surface area contributed by atoms with Crippen LogP contribution in [0.3, 0.4) is 0 Å². The molecule has 42 heavy (non-hydrogen) atoms. The van der Waals surface area contributed by atoms with E-state index in [1.54, 1.807) is 16.7 Å². The van der Waals surface area contributed by atoms with Crippen LogP contribution in [-0.4, -0.2) is 119 Å². The quantitative estimate of drug-likeness (QED) is 0.377. The number of benzene rings is 1. The Kier molecular flexibility index (Phi) is 9.04. The Hall–Kier alpha value is -2.66. The number of likely N-dealkylation sites (tertiary alicyclic amines) is 1. The fraction of sp³-hybridized carbons (Fsp3) is 0.594. The number of carbonyl (C=O) groups excluding carboxylic acids is 3. The summed E-state index contributed by atoms with van der Waals surface area (Å²) in [6.45, 7) is 4.77. The minimum absolute atomic E-state index is 0.121. The number of fused-ring (bicyclic) bond motifs is 2. The molecule has 6 atom stereocenters. The normalized spacial score (nSPS) is 33.4. The largest absolute Gasteiger partial charge is 0.465 e. The van der Waals surface area contributed by atoms with Crippen molar-refractivity contribution in [1.29, 1.82) is 0 Å². The Bertz CT molecular complexity index is 1200. The van der Waals surface area contributed by atoms with Gasteiger partial charge in [-0.2, -0.15) is 0 Å². The van der Waals surface area contributed by atoms with Crippen LogP contribution in [-0.2, 0) is 30.3 Å². The van der Waals surface area contributed by atoms with Gasteiger partial charge in [-0.05, 0) is 31.2 Å². The zero-order valence-corrected chi connectivity index (χ0v) is 24.8. The number of esters is 1. The van der Waals surface area contributed by atoms with Crippen molar-refractivity contribution in [2.45, 2.75) is 47.8 Å². The minimum Gasteiger partial charge on any atom is -0.465 e. The number of nitrogens with zero attached hydrogens (tertiary/aromatic N) is 3. The first-order valence-corrected chi connectivity index (χ1v) is 16.2. The van der Waals surface area contributed by atoms with Crippen molar-refractivity contribution in [3.05, 3.63) is 60.2 Å². The predicted molar refractivity (Wildman–Crippen MR) is 160 cm³/mol. The smallest absolute Gasteiger partial charge is 0.311 e. The average Bonchev–Trinajstić information content (AvgIpc) is 3.41. The maximum atomic E-state index is 14.6. The fourth-order valence-corrected chi connectivity index (χ4v) is 9.21. The van der Waals surface area contributed by atoms with Crippen molar-refractivity contribution >= 4 is 29.5 Å². The number of thioether (sulfide) groups is 1. The Morgan fingerprint density at radius 1 is 1.00 bits per heavy atom. The molecule has 226 valence electrons. The molecule has 5 aliphatic rings. The molecule has 1 unspecified atom stereocenters. The van der Waals surface area contributed by atoms with Crippen molar-refractivity contribution in [2.24, 2.45) is 11.8 Å². The molecule has 0 saturated carbocycles. The lowest BCUT2D eigenvalue weighted by molar-refractivity contribution is -0.153. The molecule has 0 bridgehead atoms. The van der Waals surface area contributed by atoms with Crippen LogP contribution in [0, 0.1) is 11.8 Å². The van der Waals surface area contributed by atoms with Crippen LogP contribution in [0.2, 0.25) is 0 Å². The molecule has 0 aromatic heterocycles. The molecule has 1 aromatic carbocycles. The fourth-order valence-electron chi connectivity index (χ4n) is 7.22. The predicted octanol–water partition coefficient (Wildman–Crippen LogP) is 1.90. The summed E-state index contributed by atoms with van der Waals surface area (Å²) >= 11 is 1.55. The molecule has 1 spiro atoms. The lowest BCUT2D eigenvalue weighted by Gasteiger charge is -2.39. The van der Waals surface area contributed by atoms with Gasteiger partial charge in [0.1, 0.15) is 6.04 Å². The SMILES string of the molecule is O=C1OCCCC/C=C\[C@H]2S[C@]34C=CCN(CCN5CCOCC5)C(=O)C3N([C@@H](CO)Cc3ccccc3)C(=O)[C@@H]4[C@@H]12. The van der Waals surface area contributed by atoms with Gasteiger partial charge in [-0.1, -0.05) is 54.6 Å². The number of aliphatic hydroxyl groups excluding tert-OH is 1. The van der Waals surface area contributed by atoms with Gasteiger partial charge in [0.25, 0.3) is 0 Å². The lowest BCUT2D eigenvalue weighted by Crippen LogP contribution is -2.57. The van der Waals surface area contributed by atoms with Crippen LogP contribution in [0.4, 0.5) is 0 Å². The Labute approximate surface area is 251 Å². The number of hydrogen-bond acceptors (Lipinski definition) is 8. The van der Waals surface area contributed by atoms with Crippen LogP contribution in [0.15, 0.2) is 54.6 Å². The van der Waals surface area contributed by atoms with Gasteiger partial charge >= 0.3 is 5.97 Å². The molecule has 1 aromatic rings. The van der Waals surface area contributed by atoms with E-state index in [1.165, 1.54) is 0 Å². The van der Waals surface area contributed by atoms with Gasteiger partial charge < -0.3 is 24.4 Å². The summed E-state index contributed by atoms with van der Waals surface area (Å²) in [4.78, 5) is 48.6. The van der Waals surface area contributed by atoms with E-state index in [1.807, 2.05) is 47.4 Å². The van der Waals surface area contributed by atoms with Crippen LogP contribution >= 0.6 is 11.8 Å². The highest BCUT2D eigenvalue weighted by atomic mass is 32.2. The highest BCUT2D eigenvalue weighted by molar-refractivity contribution is 8.02. The second kappa shape index (κ2) is 12.9. The lowest BCUT2D eigenvalue weighted by atomic mass is 9.78. The van der Waals surface area contributed by atoms with Gasteiger partial charge in [-0.25, -0.2) is 0 Å². The summed E-state index contributed by atoms with van der Waals surface area (Å²) in [5, 5.41) is 10.4. The summed E-state index contributed by atoms with van der Waals surface area (Å²) in [6.07, 6.45) is 11.2. The monoisotopic (exact) mass is 595 g/mol. The Morgan fingerprint density at radius 2 is 1.81 bits per heavy atom. The highest BCUT2D eigenvalue weighted by Crippen LogP contribution is 2.61. The zero-order chi connectivity index (χ0) is 29.1. The molecule has 5 aliphatic heterocycles. The number of morpholine rings is 1. The van der Waals surface area contributed by atoms with E-state index in [4.69, 9.17) is 9.47 Å². The second-order valence-electron chi connectivity index (χ2n) is 11.8. The van der Waals surface area contributed by atoms with Crippen molar-refractivity contribution in [3.8, 4) is 0 Å². The van der Waals surface area contributed by atoms with E-state index in [-0.39, 0.29) is 29.6 Å². The summed E-state index contributed by atoms with van der Waals surface area (Å²) in [5.74, 6) is -2.18. The van der Waals surface area contributed by atoms with Crippen molar-refractivity contribution in [2.75, 3.05) is 59.2 Å². The maximum Gasteiger partial charge on any atom is 0.311 e. The van der Waals surface area contributed by atoms with E-state index < -0.39 is 28.7 Å². The molecule has 3 fully saturated rings. The molecular formula is C32H41N3O6S. The highest BCUT2D eigenvalue weighted by Gasteiger charge is 2.71. The molecule has 9 nitrogen and oxygen atoms in total. The van der Waals surface area contributed by atoms with Gasteiger partial charge in [0.15, 0.2) is 0 Å². The van der Waals surface area contributed by atoms with Gasteiger partial charge in [0, 0.05) is 38.0 Å². The van der Waals surface area contributed by atoms with Crippen LogP contribution in [0.1, 0.15) is 24.8 Å². The third-order valence-electron chi connectivity index (χ3n) is 9.33. The molecule has 3 saturated heterocycles. The van der Waals surface area contributed by atoms with Crippen LogP contribution < -0.4 is 0 Å². The number of allylic oxidation sites excluding steroid dienone is 1. The standard InChI is InChI=1S/C32H41N3O6S/c36-22-24(21-23-9-4-3-5-10-23)35-28-30(38)34(15-14-33-16-19-40-20-17-33)13-8-12-32(28)27(29(35)37)26-25(42-32)11-6-1-2-7-18-41-31(26)39/h3-6,8-12,24-28,36H,1-2,7,13-22H2/b11-6-/t24-,25-,26+,27+,28?,32+/m1/s1. The van der Waals surface area contributed by atoms with E-state index in [0.29, 0.717) is 39.3 Å². The summed E-state index contributed by atoms with van der Waals surface area (Å²) in [7, 11) is 0. The van der Waals surface area contributed by atoms with Crippen molar-refractivity contribution in [3.63, 3.8) is 0 Å². The number of hydrogen-bond donors (Lipinski definition) is 1. The first-order valence-electron chi connectivity index (χ1n) is 15.3. The molecule has 2 amide bonds. The number of carbonyl (C=O) groups is 3. The molecule has 0 radical (unpaired) electrons. The van der Waals surface area contributed by atoms with Gasteiger partial charge in [0.2, 0.25) is 11.8 Å². The summed E-state index contributed by atoms with van der Waals surface area (Å²) in [5.41, 5.74) is 0.975. The van der Waals surface area contributed by atoms with Gasteiger partial charge in [-0.3, -0.25) is 19.3 Å². The topological polar surface area (TPSA) is 99.6 Å². The van der Waals surface area contributed by atoms with Crippen molar-refractivity contribution in [1.82, 2.24) is 14.7 Å². The van der Waals surface area contributed by atoms with Gasteiger partial charge in [0.05, 0.1) is 49.1 Å². The van der Waals surface area contributed by atoms with E-state index in [0.717, 1.165) is 44.5 Å². The average molecular weight is 596 g/mol. The van der Waals surface area contributed by atoms with Gasteiger partial charge in [-0.15, -0.1) is 11.8 Å². The van der Waals surface area contributed by atoms with E-state index in [2.05, 4.69) is 17.1 Å². The molecule has 5 heterocycles. The molecule has 0 aliphatic carbocycles. The first kappa shape index (κ1) is 29.4. The Balaban J connectivity index is 1.37. The van der Waals surface area contributed by atoms with Crippen LogP contribution in [0.25, 0.3) is 0 Å². The minimum atomic E-state index is -0.932. The number of ether oxygens (including phenoxy) is 2. The number of amides is 2. The number of aliphatic hydroxyl groups is 1. The number of rotatable bonds is 7. The zero-order valence-electron chi connectivity index (χ0n) is 24.0. The summed E-state index contributed by atoms with van der Waals surface area (Å²) in [6, 6.07) is 8.30. The van der Waals surface area contributed by atoms with Crippen LogP contribution in [0.5, 0.6) is 0 Å². The molecule has 6 rings (SSSR count). The van der Waals surface area contributed by atoms with Crippen molar-refractivity contribution < 1.29 is 29.0 Å². The first-order chi connectivity index (χ1) is 20.5. The third-order valence-corrected chi connectivity index (χ3v) is 11.1.